The van der Waals surface area contributed by atoms with Crippen LogP contribution in [0.3, 0.4) is 0 Å². The molecule has 0 amide bonds. The van der Waals surface area contributed by atoms with Crippen molar-refractivity contribution in [2.75, 3.05) is 0 Å². The monoisotopic (exact) mass is 234 g/mol. The fourth-order valence-electron chi connectivity index (χ4n) is 1.56. The zero-order valence-electron chi connectivity index (χ0n) is 10.8. The molecule has 1 aromatic carbocycles. The molecule has 0 aliphatic heterocycles. The van der Waals surface area contributed by atoms with Gasteiger partial charge in [0.25, 0.3) is 0 Å². The number of hydrogen-bond acceptors (Lipinski definition) is 1. The molecule has 1 aromatic rings. The molecule has 1 nitrogen and oxygen atoms in total. The summed E-state index contributed by atoms with van der Waals surface area (Å²) in [7, 11) is -1.45. The molecule has 0 aromatic heterocycles. The Morgan fingerprint density at radius 1 is 1.19 bits per heavy atom. The second-order valence-electron chi connectivity index (χ2n) is 4.96. The van der Waals surface area contributed by atoms with Crippen LogP contribution < -0.4 is 0 Å². The number of hydrogen-bond donors (Lipinski definition) is 0. The van der Waals surface area contributed by atoms with Crippen LogP contribution in [0.15, 0.2) is 42.2 Å². The summed E-state index contributed by atoms with van der Waals surface area (Å²) in [6.45, 7) is 8.72. The van der Waals surface area contributed by atoms with E-state index in [1.54, 1.807) is 0 Å². The Labute approximate surface area is 100 Å². The lowest BCUT2D eigenvalue weighted by atomic mass is 10.1. The van der Waals surface area contributed by atoms with Crippen molar-refractivity contribution in [2.45, 2.75) is 39.4 Å². The molecule has 0 bridgehead atoms. The molecule has 88 valence electrons. The van der Waals surface area contributed by atoms with Crippen LogP contribution in [0.1, 0.15) is 18.9 Å². The SMILES string of the molecule is C/C=C(\CCc1ccccc1)O[Si](C)(C)C. The van der Waals surface area contributed by atoms with Crippen LogP contribution >= 0.6 is 0 Å². The summed E-state index contributed by atoms with van der Waals surface area (Å²) in [4.78, 5) is 0. The molecule has 0 unspecified atom stereocenters. The molecule has 0 fully saturated rings. The van der Waals surface area contributed by atoms with Gasteiger partial charge in [-0.25, -0.2) is 0 Å². The highest BCUT2D eigenvalue weighted by atomic mass is 28.4. The first-order valence-corrected chi connectivity index (χ1v) is 9.30. The van der Waals surface area contributed by atoms with Gasteiger partial charge in [0, 0.05) is 6.42 Å². The first kappa shape index (κ1) is 13.0. The molecule has 0 aliphatic carbocycles. The number of aryl methyl sites for hydroxylation is 1. The highest BCUT2D eigenvalue weighted by molar-refractivity contribution is 6.70. The maximum atomic E-state index is 6.01. The van der Waals surface area contributed by atoms with Crippen LogP contribution in [0.2, 0.25) is 19.6 Å². The van der Waals surface area contributed by atoms with E-state index in [0.717, 1.165) is 18.6 Å². The van der Waals surface area contributed by atoms with Gasteiger partial charge in [-0.1, -0.05) is 36.4 Å². The second-order valence-corrected chi connectivity index (χ2v) is 9.38. The Kier molecular flexibility index (Phi) is 4.81. The fraction of sp³-hybridized carbons (Fsp3) is 0.429. The number of benzene rings is 1. The van der Waals surface area contributed by atoms with Gasteiger partial charge >= 0.3 is 0 Å². The second kappa shape index (κ2) is 5.90. The summed E-state index contributed by atoms with van der Waals surface area (Å²) in [5.41, 5.74) is 1.38. The van der Waals surface area contributed by atoms with Crippen LogP contribution in [0.5, 0.6) is 0 Å². The Morgan fingerprint density at radius 2 is 1.81 bits per heavy atom. The molecule has 0 saturated heterocycles. The summed E-state index contributed by atoms with van der Waals surface area (Å²) in [5, 5.41) is 0. The summed E-state index contributed by atoms with van der Waals surface area (Å²) >= 11 is 0. The minimum Gasteiger partial charge on any atom is -0.548 e. The first-order valence-electron chi connectivity index (χ1n) is 5.89. The van der Waals surface area contributed by atoms with E-state index in [9.17, 15) is 0 Å². The van der Waals surface area contributed by atoms with E-state index in [-0.39, 0.29) is 0 Å². The summed E-state index contributed by atoms with van der Waals surface area (Å²) in [5.74, 6) is 1.14. The molecule has 0 aliphatic rings. The van der Waals surface area contributed by atoms with Crippen LogP contribution in [0.25, 0.3) is 0 Å². The van der Waals surface area contributed by atoms with Crippen LogP contribution in [0.4, 0.5) is 0 Å². The summed E-state index contributed by atoms with van der Waals surface area (Å²) < 4.78 is 6.01. The van der Waals surface area contributed by atoms with E-state index < -0.39 is 8.32 Å². The Balaban J connectivity index is 2.48. The van der Waals surface area contributed by atoms with Crippen molar-refractivity contribution < 1.29 is 4.43 Å². The number of rotatable bonds is 5. The maximum Gasteiger partial charge on any atom is 0.241 e. The van der Waals surface area contributed by atoms with E-state index in [1.807, 2.05) is 0 Å². The third-order valence-corrected chi connectivity index (χ3v) is 3.14. The van der Waals surface area contributed by atoms with Gasteiger partial charge in [-0.2, -0.15) is 0 Å². The molecule has 0 N–H and O–H groups in total. The molecule has 0 saturated carbocycles. The average molecular weight is 234 g/mol. The quantitative estimate of drug-likeness (QED) is 0.543. The van der Waals surface area contributed by atoms with Gasteiger partial charge in [0.05, 0.1) is 5.76 Å². The topological polar surface area (TPSA) is 9.23 Å². The van der Waals surface area contributed by atoms with Crippen molar-refractivity contribution in [1.82, 2.24) is 0 Å². The van der Waals surface area contributed by atoms with Crippen LogP contribution in [-0.2, 0) is 10.8 Å². The smallest absolute Gasteiger partial charge is 0.241 e. The lowest BCUT2D eigenvalue weighted by molar-refractivity contribution is 0.398. The number of allylic oxidation sites excluding steroid dienone is 2. The van der Waals surface area contributed by atoms with E-state index >= 15 is 0 Å². The van der Waals surface area contributed by atoms with Gasteiger partial charge in [-0.15, -0.1) is 0 Å². The van der Waals surface area contributed by atoms with Crippen molar-refractivity contribution in [3.05, 3.63) is 47.7 Å². The van der Waals surface area contributed by atoms with Crippen LogP contribution in [0, 0.1) is 0 Å². The van der Waals surface area contributed by atoms with Crippen molar-refractivity contribution in [3.8, 4) is 0 Å². The van der Waals surface area contributed by atoms with Gasteiger partial charge in [0.15, 0.2) is 0 Å². The van der Waals surface area contributed by atoms with E-state index in [0.29, 0.717) is 0 Å². The molecule has 1 rings (SSSR count). The molecule has 0 radical (unpaired) electrons. The molecule has 0 atom stereocenters. The lowest BCUT2D eigenvalue weighted by Crippen LogP contribution is -2.24. The third-order valence-electron chi connectivity index (χ3n) is 2.26. The van der Waals surface area contributed by atoms with Gasteiger partial charge in [0.2, 0.25) is 8.32 Å². The van der Waals surface area contributed by atoms with Crippen molar-refractivity contribution in [2.24, 2.45) is 0 Å². The van der Waals surface area contributed by atoms with Gasteiger partial charge in [-0.05, 0) is 38.5 Å². The predicted molar refractivity (Wildman–Crippen MR) is 73.0 cm³/mol. The Bertz CT molecular complexity index is 336. The summed E-state index contributed by atoms with van der Waals surface area (Å²) in [6, 6.07) is 10.6. The van der Waals surface area contributed by atoms with Crippen molar-refractivity contribution >= 4 is 8.32 Å². The molecule has 2 heteroatoms. The van der Waals surface area contributed by atoms with Crippen LogP contribution in [-0.4, -0.2) is 8.32 Å². The standard InChI is InChI=1S/C14H22OSi/c1-5-14(15-16(2,3)4)12-11-13-9-7-6-8-10-13/h5-10H,11-12H2,1-4H3/b14-5+. The normalized spacial score (nSPS) is 12.6. The van der Waals surface area contributed by atoms with E-state index in [2.05, 4.69) is 63.0 Å². The predicted octanol–water partition coefficient (Wildman–Crippen LogP) is 4.37. The van der Waals surface area contributed by atoms with E-state index in [4.69, 9.17) is 4.43 Å². The van der Waals surface area contributed by atoms with Gasteiger partial charge < -0.3 is 4.43 Å². The zero-order chi connectivity index (χ0) is 12.0. The highest BCUT2D eigenvalue weighted by Gasteiger charge is 2.16. The minimum atomic E-state index is -1.45. The van der Waals surface area contributed by atoms with Crippen molar-refractivity contribution in [3.63, 3.8) is 0 Å². The van der Waals surface area contributed by atoms with E-state index in [1.165, 1.54) is 5.56 Å². The molecule has 0 spiro atoms. The van der Waals surface area contributed by atoms with Gasteiger partial charge in [0.1, 0.15) is 0 Å². The van der Waals surface area contributed by atoms with Crippen molar-refractivity contribution in [1.29, 1.82) is 0 Å². The molecular formula is C14H22OSi. The largest absolute Gasteiger partial charge is 0.548 e. The zero-order valence-corrected chi connectivity index (χ0v) is 11.8. The molecule has 0 heterocycles. The fourth-order valence-corrected chi connectivity index (χ4v) is 2.57. The molecule has 16 heavy (non-hydrogen) atoms. The maximum absolute atomic E-state index is 6.01. The highest BCUT2D eigenvalue weighted by Crippen LogP contribution is 2.16. The summed E-state index contributed by atoms with van der Waals surface area (Å²) in [6.07, 6.45) is 4.16. The molecular weight excluding hydrogens is 212 g/mol. The van der Waals surface area contributed by atoms with Gasteiger partial charge in [-0.3, -0.25) is 0 Å². The lowest BCUT2D eigenvalue weighted by Gasteiger charge is -2.21. The Hall–Kier alpha value is -1.02. The first-order chi connectivity index (χ1) is 7.51. The minimum absolute atomic E-state index is 1.00. The Morgan fingerprint density at radius 3 is 2.31 bits per heavy atom. The average Bonchev–Trinajstić information content (AvgIpc) is 2.24. The third kappa shape index (κ3) is 5.17.